The molecule has 1 aliphatic rings. The van der Waals surface area contributed by atoms with Crippen LogP contribution in [0.1, 0.15) is 34.1 Å². The van der Waals surface area contributed by atoms with Gasteiger partial charge in [-0.25, -0.2) is 0 Å². The van der Waals surface area contributed by atoms with Gasteiger partial charge in [0.2, 0.25) is 6.39 Å². The van der Waals surface area contributed by atoms with Crippen LogP contribution in [-0.2, 0) is 0 Å². The third kappa shape index (κ3) is 2.26. The van der Waals surface area contributed by atoms with Crippen molar-refractivity contribution in [2.24, 2.45) is 0 Å². The van der Waals surface area contributed by atoms with Crippen LogP contribution in [0.4, 0.5) is 0 Å². The summed E-state index contributed by atoms with van der Waals surface area (Å²) in [4.78, 5) is 18.2. The molecule has 6 nitrogen and oxygen atoms in total. The Morgan fingerprint density at radius 2 is 2.40 bits per heavy atom. The van der Waals surface area contributed by atoms with Crippen molar-refractivity contribution in [2.45, 2.75) is 12.3 Å². The van der Waals surface area contributed by atoms with Gasteiger partial charge in [0.1, 0.15) is 0 Å². The number of carbonyl (C=O) groups is 1. The van der Waals surface area contributed by atoms with Crippen LogP contribution in [0, 0.1) is 11.3 Å². The molecule has 0 aliphatic carbocycles. The van der Waals surface area contributed by atoms with Crippen molar-refractivity contribution >= 4 is 5.91 Å². The molecule has 2 heterocycles. The van der Waals surface area contributed by atoms with Crippen LogP contribution in [0.25, 0.3) is 0 Å². The summed E-state index contributed by atoms with van der Waals surface area (Å²) in [6.07, 6.45) is 2.12. The molecule has 1 saturated heterocycles. The molecule has 0 N–H and O–H groups in total. The highest BCUT2D eigenvalue weighted by molar-refractivity contribution is 5.94. The first kappa shape index (κ1) is 12.4. The Kier molecular flexibility index (Phi) is 3.17. The Morgan fingerprint density at radius 1 is 1.50 bits per heavy atom. The van der Waals surface area contributed by atoms with E-state index in [2.05, 4.69) is 10.1 Å². The highest BCUT2D eigenvalue weighted by Crippen LogP contribution is 2.25. The summed E-state index contributed by atoms with van der Waals surface area (Å²) in [5, 5.41) is 12.7. The monoisotopic (exact) mass is 268 g/mol. The molecule has 1 fully saturated rings. The molecule has 0 unspecified atom stereocenters. The van der Waals surface area contributed by atoms with Gasteiger partial charge in [0.05, 0.1) is 11.6 Å². The average molecular weight is 268 g/mol. The first-order chi connectivity index (χ1) is 9.78. The van der Waals surface area contributed by atoms with E-state index in [1.54, 1.807) is 29.2 Å². The molecule has 1 aliphatic heterocycles. The zero-order valence-electron chi connectivity index (χ0n) is 10.7. The van der Waals surface area contributed by atoms with E-state index in [4.69, 9.17) is 9.78 Å². The van der Waals surface area contributed by atoms with Gasteiger partial charge >= 0.3 is 0 Å². The molecule has 3 rings (SSSR count). The van der Waals surface area contributed by atoms with Crippen molar-refractivity contribution in [3.05, 3.63) is 47.6 Å². The summed E-state index contributed by atoms with van der Waals surface area (Å²) >= 11 is 0. The van der Waals surface area contributed by atoms with Gasteiger partial charge in [0.15, 0.2) is 5.82 Å². The van der Waals surface area contributed by atoms with Crippen LogP contribution < -0.4 is 0 Å². The summed E-state index contributed by atoms with van der Waals surface area (Å²) in [5.74, 6) is 0.705. The van der Waals surface area contributed by atoms with Crippen LogP contribution >= 0.6 is 0 Å². The Bertz CT molecular complexity index is 660. The highest BCUT2D eigenvalue weighted by Gasteiger charge is 2.30. The number of benzene rings is 1. The van der Waals surface area contributed by atoms with Crippen molar-refractivity contribution in [1.82, 2.24) is 15.0 Å². The summed E-state index contributed by atoms with van der Waals surface area (Å²) in [7, 11) is 0. The van der Waals surface area contributed by atoms with Gasteiger partial charge in [-0.1, -0.05) is 11.2 Å². The number of hydrogen-bond acceptors (Lipinski definition) is 5. The topological polar surface area (TPSA) is 83.0 Å². The van der Waals surface area contributed by atoms with Gasteiger partial charge < -0.3 is 9.42 Å². The van der Waals surface area contributed by atoms with E-state index in [9.17, 15) is 4.79 Å². The first-order valence-corrected chi connectivity index (χ1v) is 6.33. The third-order valence-electron chi connectivity index (χ3n) is 3.46. The highest BCUT2D eigenvalue weighted by atomic mass is 16.5. The quantitative estimate of drug-likeness (QED) is 0.825. The van der Waals surface area contributed by atoms with E-state index >= 15 is 0 Å². The number of aromatic nitrogens is 2. The first-order valence-electron chi connectivity index (χ1n) is 6.33. The minimum atomic E-state index is -0.0619. The van der Waals surface area contributed by atoms with Gasteiger partial charge in [0, 0.05) is 24.6 Å². The van der Waals surface area contributed by atoms with Crippen LogP contribution in [0.5, 0.6) is 0 Å². The lowest BCUT2D eigenvalue weighted by Crippen LogP contribution is -2.28. The van der Waals surface area contributed by atoms with Gasteiger partial charge in [-0.15, -0.1) is 0 Å². The molecule has 1 atom stereocenters. The van der Waals surface area contributed by atoms with Crippen LogP contribution in [-0.4, -0.2) is 34.0 Å². The summed E-state index contributed by atoms with van der Waals surface area (Å²) in [6.45, 7) is 1.24. The Morgan fingerprint density at radius 3 is 3.15 bits per heavy atom. The van der Waals surface area contributed by atoms with Crippen molar-refractivity contribution < 1.29 is 9.32 Å². The van der Waals surface area contributed by atoms with E-state index in [-0.39, 0.29) is 11.8 Å². The van der Waals surface area contributed by atoms with E-state index in [0.29, 0.717) is 30.0 Å². The number of hydrogen-bond donors (Lipinski definition) is 0. The summed E-state index contributed by atoms with van der Waals surface area (Å²) in [5.41, 5.74) is 1.03. The van der Waals surface area contributed by atoms with Gasteiger partial charge in [0.25, 0.3) is 5.91 Å². The van der Waals surface area contributed by atoms with E-state index < -0.39 is 0 Å². The maximum Gasteiger partial charge on any atom is 0.253 e. The SMILES string of the molecule is N#Cc1cccc(C(=O)N2CC[C@@H](c3ncon3)C2)c1. The number of nitriles is 1. The largest absolute Gasteiger partial charge is 0.343 e. The standard InChI is InChI=1S/C14H12N4O2/c15-7-10-2-1-3-11(6-10)14(19)18-5-4-12(8-18)13-16-9-20-17-13/h1-3,6,9,12H,4-5,8H2/t12-/m1/s1. The number of amides is 1. The van der Waals surface area contributed by atoms with Crippen molar-refractivity contribution in [3.63, 3.8) is 0 Å². The van der Waals surface area contributed by atoms with Gasteiger partial charge in [-0.05, 0) is 24.6 Å². The Labute approximate surface area is 115 Å². The summed E-state index contributed by atoms with van der Waals surface area (Å²) in [6, 6.07) is 8.79. The molecule has 0 spiro atoms. The maximum absolute atomic E-state index is 12.4. The number of likely N-dealkylation sites (tertiary alicyclic amines) is 1. The van der Waals surface area contributed by atoms with Crippen molar-refractivity contribution in [2.75, 3.05) is 13.1 Å². The molecule has 6 heteroatoms. The average Bonchev–Trinajstić information content (AvgIpc) is 3.17. The fourth-order valence-corrected chi connectivity index (χ4v) is 2.42. The molecule has 100 valence electrons. The molecule has 1 amide bonds. The second-order valence-corrected chi connectivity index (χ2v) is 4.72. The van der Waals surface area contributed by atoms with Crippen molar-refractivity contribution in [3.8, 4) is 6.07 Å². The molecule has 0 bridgehead atoms. The fraction of sp³-hybridized carbons (Fsp3) is 0.286. The molecule has 1 aromatic carbocycles. The lowest BCUT2D eigenvalue weighted by molar-refractivity contribution is 0.0790. The zero-order chi connectivity index (χ0) is 13.9. The fourth-order valence-electron chi connectivity index (χ4n) is 2.42. The smallest absolute Gasteiger partial charge is 0.253 e. The second-order valence-electron chi connectivity index (χ2n) is 4.72. The van der Waals surface area contributed by atoms with E-state index in [0.717, 1.165) is 6.42 Å². The molecule has 0 saturated carbocycles. The van der Waals surface area contributed by atoms with Crippen LogP contribution in [0.2, 0.25) is 0 Å². The number of nitrogens with zero attached hydrogens (tertiary/aromatic N) is 4. The van der Waals surface area contributed by atoms with E-state index in [1.807, 2.05) is 6.07 Å². The molecular weight excluding hydrogens is 256 g/mol. The normalized spacial score (nSPS) is 17.9. The van der Waals surface area contributed by atoms with Crippen LogP contribution in [0.15, 0.2) is 35.2 Å². The van der Waals surface area contributed by atoms with Crippen molar-refractivity contribution in [1.29, 1.82) is 5.26 Å². The lowest BCUT2D eigenvalue weighted by Gasteiger charge is -2.15. The second kappa shape index (κ2) is 5.13. The minimum absolute atomic E-state index is 0.0619. The molecule has 20 heavy (non-hydrogen) atoms. The van der Waals surface area contributed by atoms with Gasteiger partial charge in [-0.3, -0.25) is 4.79 Å². The minimum Gasteiger partial charge on any atom is -0.343 e. The maximum atomic E-state index is 12.4. The Balaban J connectivity index is 1.74. The lowest BCUT2D eigenvalue weighted by atomic mass is 10.1. The molecule has 2 aromatic rings. The summed E-state index contributed by atoms with van der Waals surface area (Å²) < 4.78 is 4.74. The number of rotatable bonds is 2. The van der Waals surface area contributed by atoms with Gasteiger partial charge in [-0.2, -0.15) is 10.2 Å². The molecular formula is C14H12N4O2. The molecule has 0 radical (unpaired) electrons. The zero-order valence-corrected chi connectivity index (χ0v) is 10.7. The Hall–Kier alpha value is -2.68. The predicted octanol–water partition coefficient (Wildman–Crippen LogP) is 1.57. The predicted molar refractivity (Wildman–Crippen MR) is 68.7 cm³/mol. The van der Waals surface area contributed by atoms with E-state index in [1.165, 1.54) is 6.39 Å². The van der Waals surface area contributed by atoms with Crippen LogP contribution in [0.3, 0.4) is 0 Å². The third-order valence-corrected chi connectivity index (χ3v) is 3.46. The molecule has 1 aromatic heterocycles. The number of carbonyl (C=O) groups excluding carboxylic acids is 1.